The number of ether oxygens (including phenoxy) is 1. The molecule has 28 heavy (non-hydrogen) atoms. The van der Waals surface area contributed by atoms with Crippen LogP contribution in [0.1, 0.15) is 60.7 Å². The van der Waals surface area contributed by atoms with Crippen LogP contribution in [0.15, 0.2) is 60.2 Å². The molecule has 0 atom stereocenters. The van der Waals surface area contributed by atoms with Gasteiger partial charge in [-0.05, 0) is 67.6 Å². The number of carbonyl (C=O) groups excluding carboxylic acids is 1. The summed E-state index contributed by atoms with van der Waals surface area (Å²) < 4.78 is 5.65. The third kappa shape index (κ3) is 6.73. The van der Waals surface area contributed by atoms with E-state index >= 15 is 0 Å². The lowest BCUT2D eigenvalue weighted by Gasteiger charge is -2.09. The topological polar surface area (TPSA) is 38.3 Å². The zero-order valence-corrected chi connectivity index (χ0v) is 17.4. The van der Waals surface area contributed by atoms with E-state index in [0.717, 1.165) is 35.3 Å². The normalized spacial score (nSPS) is 11.6. The number of hydrogen-bond acceptors (Lipinski definition) is 2. The molecule has 3 nitrogen and oxygen atoms in total. The molecule has 0 bridgehead atoms. The molecule has 3 heteroatoms. The third-order valence-electron chi connectivity index (χ3n) is 4.58. The summed E-state index contributed by atoms with van der Waals surface area (Å²) in [5.74, 6) is 0.765. The van der Waals surface area contributed by atoms with Crippen LogP contribution >= 0.6 is 0 Å². The Balaban J connectivity index is 2.03. The summed E-state index contributed by atoms with van der Waals surface area (Å²) in [4.78, 5) is 12.6. The maximum atomic E-state index is 12.6. The molecule has 148 valence electrons. The van der Waals surface area contributed by atoms with Gasteiger partial charge in [-0.3, -0.25) is 4.79 Å². The second kappa shape index (κ2) is 11.1. The highest BCUT2D eigenvalue weighted by Crippen LogP contribution is 2.16. The summed E-state index contributed by atoms with van der Waals surface area (Å²) in [6.45, 7) is 9.56. The molecule has 1 N–H and O–H groups in total. The van der Waals surface area contributed by atoms with E-state index in [1.54, 1.807) is 0 Å². The SMILES string of the molecule is CCCOc1cccc(CNC(=O)c2ccc(C)c(/C=C\C=C(/C)CC)c2)c1. The molecule has 0 radical (unpaired) electrons. The highest BCUT2D eigenvalue weighted by atomic mass is 16.5. The van der Waals surface area contributed by atoms with Gasteiger partial charge in [0.05, 0.1) is 6.61 Å². The summed E-state index contributed by atoms with van der Waals surface area (Å²) in [7, 11) is 0. The zero-order valence-electron chi connectivity index (χ0n) is 17.4. The van der Waals surface area contributed by atoms with E-state index in [2.05, 4.69) is 45.2 Å². The van der Waals surface area contributed by atoms with Crippen molar-refractivity contribution in [2.24, 2.45) is 0 Å². The minimum Gasteiger partial charge on any atom is -0.494 e. The first-order chi connectivity index (χ1) is 13.5. The molecule has 2 aromatic carbocycles. The van der Waals surface area contributed by atoms with Crippen LogP contribution in [0.4, 0.5) is 0 Å². The van der Waals surface area contributed by atoms with Crippen molar-refractivity contribution in [3.8, 4) is 5.75 Å². The van der Waals surface area contributed by atoms with E-state index in [0.29, 0.717) is 18.7 Å². The quantitative estimate of drug-likeness (QED) is 0.538. The number of rotatable bonds is 9. The lowest BCUT2D eigenvalue weighted by molar-refractivity contribution is 0.0951. The number of amides is 1. The van der Waals surface area contributed by atoms with Crippen molar-refractivity contribution in [3.05, 3.63) is 82.4 Å². The summed E-state index contributed by atoms with van der Waals surface area (Å²) in [6.07, 6.45) is 8.22. The third-order valence-corrected chi connectivity index (χ3v) is 4.58. The molecule has 0 fully saturated rings. The average Bonchev–Trinajstić information content (AvgIpc) is 2.72. The van der Waals surface area contributed by atoms with Crippen molar-refractivity contribution >= 4 is 12.0 Å². The Morgan fingerprint density at radius 3 is 2.71 bits per heavy atom. The van der Waals surface area contributed by atoms with Gasteiger partial charge in [-0.1, -0.05) is 55.8 Å². The molecule has 0 unspecified atom stereocenters. The fraction of sp³-hybridized carbons (Fsp3) is 0.320. The van der Waals surface area contributed by atoms with Crippen LogP contribution in [0.2, 0.25) is 0 Å². The Morgan fingerprint density at radius 2 is 1.96 bits per heavy atom. The van der Waals surface area contributed by atoms with Crippen molar-refractivity contribution in [2.45, 2.75) is 47.1 Å². The van der Waals surface area contributed by atoms with Gasteiger partial charge < -0.3 is 10.1 Å². The molecule has 0 aliphatic rings. The Morgan fingerprint density at radius 1 is 1.14 bits per heavy atom. The van der Waals surface area contributed by atoms with Gasteiger partial charge in [0.25, 0.3) is 5.91 Å². The van der Waals surface area contributed by atoms with E-state index in [9.17, 15) is 4.79 Å². The van der Waals surface area contributed by atoms with Crippen LogP contribution in [-0.2, 0) is 6.54 Å². The van der Waals surface area contributed by atoms with E-state index < -0.39 is 0 Å². The van der Waals surface area contributed by atoms with E-state index in [1.165, 1.54) is 5.57 Å². The van der Waals surface area contributed by atoms with Crippen molar-refractivity contribution in [1.29, 1.82) is 0 Å². The molecule has 0 saturated heterocycles. The lowest BCUT2D eigenvalue weighted by Crippen LogP contribution is -2.22. The predicted molar refractivity (Wildman–Crippen MR) is 118 cm³/mol. The number of hydrogen-bond donors (Lipinski definition) is 1. The Labute approximate surface area is 169 Å². The Hall–Kier alpha value is -2.81. The molecule has 2 aromatic rings. The largest absolute Gasteiger partial charge is 0.494 e. The minimum absolute atomic E-state index is 0.0742. The van der Waals surface area contributed by atoms with Gasteiger partial charge in [0.15, 0.2) is 0 Å². The van der Waals surface area contributed by atoms with Crippen molar-refractivity contribution in [2.75, 3.05) is 6.61 Å². The average molecular weight is 378 g/mol. The molecule has 0 saturated carbocycles. The second-order valence-electron chi connectivity index (χ2n) is 6.98. The first-order valence-corrected chi connectivity index (χ1v) is 9.98. The highest BCUT2D eigenvalue weighted by Gasteiger charge is 2.07. The van der Waals surface area contributed by atoms with Crippen LogP contribution in [0.3, 0.4) is 0 Å². The molecule has 0 heterocycles. The fourth-order valence-electron chi connectivity index (χ4n) is 2.64. The minimum atomic E-state index is -0.0742. The van der Waals surface area contributed by atoms with Crippen LogP contribution in [-0.4, -0.2) is 12.5 Å². The van der Waals surface area contributed by atoms with Crippen LogP contribution in [0.5, 0.6) is 5.75 Å². The molecule has 0 aromatic heterocycles. The standard InChI is InChI=1S/C25H31NO2/c1-5-15-28-24-12-8-10-21(16-24)18-26-25(27)23-14-13-20(4)22(17-23)11-7-9-19(3)6-2/h7-14,16-17H,5-6,15,18H2,1-4H3,(H,26,27)/b11-7-,19-9+. The van der Waals surface area contributed by atoms with Crippen LogP contribution in [0, 0.1) is 6.92 Å². The number of carbonyl (C=O) groups is 1. The van der Waals surface area contributed by atoms with Crippen LogP contribution < -0.4 is 10.1 Å². The van der Waals surface area contributed by atoms with Crippen molar-refractivity contribution in [3.63, 3.8) is 0 Å². The maximum absolute atomic E-state index is 12.6. The van der Waals surface area contributed by atoms with E-state index in [4.69, 9.17) is 4.74 Å². The van der Waals surface area contributed by atoms with Gasteiger partial charge in [-0.15, -0.1) is 0 Å². The molecule has 0 spiro atoms. The molecule has 0 aliphatic heterocycles. The van der Waals surface area contributed by atoms with Crippen LogP contribution in [0.25, 0.3) is 6.08 Å². The number of benzene rings is 2. The summed E-state index contributed by atoms with van der Waals surface area (Å²) in [5, 5.41) is 3.00. The van der Waals surface area contributed by atoms with Crippen molar-refractivity contribution < 1.29 is 9.53 Å². The molecular formula is C25H31NO2. The van der Waals surface area contributed by atoms with Gasteiger partial charge in [0, 0.05) is 12.1 Å². The second-order valence-corrected chi connectivity index (χ2v) is 6.98. The van der Waals surface area contributed by atoms with Gasteiger partial charge in [0.2, 0.25) is 0 Å². The predicted octanol–water partition coefficient (Wildman–Crippen LogP) is 6.08. The van der Waals surface area contributed by atoms with Gasteiger partial charge in [-0.2, -0.15) is 0 Å². The monoisotopic (exact) mass is 377 g/mol. The number of allylic oxidation sites excluding steroid dienone is 3. The first kappa shape index (κ1) is 21.5. The van der Waals surface area contributed by atoms with Crippen molar-refractivity contribution in [1.82, 2.24) is 5.32 Å². The summed E-state index contributed by atoms with van der Waals surface area (Å²) in [5.41, 5.74) is 5.22. The van der Waals surface area contributed by atoms with E-state index in [-0.39, 0.29) is 5.91 Å². The Bertz CT molecular complexity index is 849. The zero-order chi connectivity index (χ0) is 20.4. The summed E-state index contributed by atoms with van der Waals surface area (Å²) >= 11 is 0. The summed E-state index contributed by atoms with van der Waals surface area (Å²) in [6, 6.07) is 13.7. The molecule has 0 aliphatic carbocycles. The molecule has 1 amide bonds. The first-order valence-electron chi connectivity index (χ1n) is 9.98. The molecular weight excluding hydrogens is 346 g/mol. The number of nitrogens with one attached hydrogen (secondary N) is 1. The molecule has 2 rings (SSSR count). The van der Waals surface area contributed by atoms with Gasteiger partial charge in [0.1, 0.15) is 5.75 Å². The van der Waals surface area contributed by atoms with Gasteiger partial charge >= 0.3 is 0 Å². The van der Waals surface area contributed by atoms with Gasteiger partial charge in [-0.25, -0.2) is 0 Å². The fourth-order valence-corrected chi connectivity index (χ4v) is 2.64. The Kier molecular flexibility index (Phi) is 8.54. The lowest BCUT2D eigenvalue weighted by atomic mass is 10.0. The number of aryl methyl sites for hydroxylation is 1. The smallest absolute Gasteiger partial charge is 0.251 e. The maximum Gasteiger partial charge on any atom is 0.251 e. The highest BCUT2D eigenvalue weighted by molar-refractivity contribution is 5.94. The van der Waals surface area contributed by atoms with E-state index in [1.807, 2.05) is 48.5 Å².